The monoisotopic (exact) mass is 576 g/mol. The van der Waals surface area contributed by atoms with E-state index in [9.17, 15) is 17.8 Å². The first-order valence-electron chi connectivity index (χ1n) is 14.1. The molecule has 8 heteroatoms. The molecule has 7 nitrogen and oxygen atoms in total. The molecule has 0 saturated carbocycles. The summed E-state index contributed by atoms with van der Waals surface area (Å²) in [4.78, 5) is 13.4. The average molecular weight is 577 g/mol. The van der Waals surface area contributed by atoms with E-state index in [4.69, 9.17) is 5.73 Å². The molecule has 0 atom stereocenters. The van der Waals surface area contributed by atoms with Crippen molar-refractivity contribution in [3.8, 4) is 0 Å². The zero-order valence-corrected chi connectivity index (χ0v) is 25.8. The molecule has 0 aromatic heterocycles. The van der Waals surface area contributed by atoms with Gasteiger partial charge in [-0.15, -0.1) is 0 Å². The van der Waals surface area contributed by atoms with Gasteiger partial charge in [0.05, 0.1) is 10.3 Å². The van der Waals surface area contributed by atoms with Crippen LogP contribution in [0.25, 0.3) is 0 Å². The first kappa shape index (κ1) is 30.5. The summed E-state index contributed by atoms with van der Waals surface area (Å²) in [5.41, 5.74) is 12.5. The van der Waals surface area contributed by atoms with Crippen molar-refractivity contribution in [1.82, 2.24) is 0 Å². The number of allylic oxidation sites excluding steroid dienone is 6. The Bertz CT molecular complexity index is 1590. The number of nitrogens with zero attached hydrogens (tertiary/aromatic N) is 2. The van der Waals surface area contributed by atoms with E-state index in [1.54, 1.807) is 12.1 Å². The molecular formula is C33H42N3O4S+. The number of carbonyl (C=O) groups excluding carboxylic acids is 1. The van der Waals surface area contributed by atoms with Gasteiger partial charge >= 0.3 is 0 Å². The molecule has 0 bridgehead atoms. The summed E-state index contributed by atoms with van der Waals surface area (Å²) in [7, 11) is -2.31. The molecule has 41 heavy (non-hydrogen) atoms. The van der Waals surface area contributed by atoms with Crippen LogP contribution in [-0.2, 0) is 25.7 Å². The van der Waals surface area contributed by atoms with Crippen LogP contribution in [0.2, 0.25) is 0 Å². The molecule has 2 aliphatic heterocycles. The third-order valence-electron chi connectivity index (χ3n) is 8.38. The molecule has 0 spiro atoms. The van der Waals surface area contributed by atoms with Gasteiger partial charge in [-0.25, -0.2) is 0 Å². The molecule has 218 valence electrons. The number of amides is 1. The second-order valence-corrected chi connectivity index (χ2v) is 13.5. The van der Waals surface area contributed by atoms with Crippen LogP contribution in [0.5, 0.6) is 0 Å². The molecule has 2 aliphatic rings. The van der Waals surface area contributed by atoms with E-state index in [1.807, 2.05) is 19.2 Å². The number of anilines is 1. The predicted octanol–water partition coefficient (Wildman–Crippen LogP) is 6.09. The van der Waals surface area contributed by atoms with Crippen molar-refractivity contribution in [2.24, 2.45) is 5.73 Å². The lowest BCUT2D eigenvalue weighted by Crippen LogP contribution is -2.27. The van der Waals surface area contributed by atoms with Gasteiger partial charge in [0.15, 0.2) is 5.71 Å². The zero-order valence-electron chi connectivity index (χ0n) is 24.9. The van der Waals surface area contributed by atoms with Crippen LogP contribution in [0.1, 0.15) is 70.1 Å². The molecule has 2 aromatic carbocycles. The number of primary amides is 1. The number of benzene rings is 2. The second-order valence-electron chi connectivity index (χ2n) is 12.1. The van der Waals surface area contributed by atoms with Crippen molar-refractivity contribution in [2.45, 2.75) is 76.0 Å². The van der Waals surface area contributed by atoms with Crippen LogP contribution in [0.4, 0.5) is 11.4 Å². The number of hydrogen-bond acceptors (Lipinski definition) is 4. The summed E-state index contributed by atoms with van der Waals surface area (Å²) in [6, 6.07) is 11.4. The summed E-state index contributed by atoms with van der Waals surface area (Å²) in [5, 5.41) is 0. The van der Waals surface area contributed by atoms with Gasteiger partial charge in [-0.1, -0.05) is 56.2 Å². The highest BCUT2D eigenvalue weighted by molar-refractivity contribution is 7.85. The molecular weight excluding hydrogens is 534 g/mol. The quantitative estimate of drug-likeness (QED) is 0.154. The van der Waals surface area contributed by atoms with E-state index in [0.29, 0.717) is 6.42 Å². The van der Waals surface area contributed by atoms with E-state index in [-0.39, 0.29) is 16.2 Å². The third kappa shape index (κ3) is 6.09. The molecule has 2 heterocycles. The van der Waals surface area contributed by atoms with Gasteiger partial charge in [-0.2, -0.15) is 13.0 Å². The standard InChI is InChI=1S/C33H41N3O4S/c1-23-16-18-28-25(21-23)33(4,5)30(36(28)20-12-8-11-15-31(34)37)14-10-7-9-13-29-32(2,3)26-22-24(41(38,39)40)17-19-27(26)35(29)6/h7,9-10,13-14,16-19,21-22H,8,11-12,15,20H2,1-6H3,(H2-,34,37,38,39,40)/p+1. The van der Waals surface area contributed by atoms with Crippen LogP contribution >= 0.6 is 0 Å². The van der Waals surface area contributed by atoms with Gasteiger partial charge < -0.3 is 10.6 Å². The van der Waals surface area contributed by atoms with Crippen molar-refractivity contribution in [1.29, 1.82) is 0 Å². The van der Waals surface area contributed by atoms with Crippen molar-refractivity contribution < 1.29 is 22.3 Å². The Hall–Kier alpha value is -3.49. The van der Waals surface area contributed by atoms with E-state index < -0.39 is 15.5 Å². The third-order valence-corrected chi connectivity index (χ3v) is 9.23. The van der Waals surface area contributed by atoms with Gasteiger partial charge in [0.1, 0.15) is 7.05 Å². The number of unbranched alkanes of at least 4 members (excludes halogenated alkanes) is 2. The highest BCUT2D eigenvalue weighted by atomic mass is 32.2. The SMILES string of the molecule is Cc1ccc2c(c1)C(C)(C)/C(=C/C=C/C=C/C1=[N+](C)c3ccc(S(=O)(=O)O)cc3C1(C)C)N2CCCCCC(N)=O. The van der Waals surface area contributed by atoms with Crippen LogP contribution in [0.15, 0.2) is 77.4 Å². The molecule has 0 aliphatic carbocycles. The molecule has 0 fully saturated rings. The fourth-order valence-electron chi connectivity index (χ4n) is 6.11. The van der Waals surface area contributed by atoms with Crippen LogP contribution < -0.4 is 10.6 Å². The summed E-state index contributed by atoms with van der Waals surface area (Å²) in [6.07, 6.45) is 13.5. The van der Waals surface area contributed by atoms with E-state index >= 15 is 0 Å². The lowest BCUT2D eigenvalue weighted by atomic mass is 9.81. The minimum Gasteiger partial charge on any atom is -0.370 e. The van der Waals surface area contributed by atoms with Crippen molar-refractivity contribution in [3.05, 3.63) is 89.2 Å². The summed E-state index contributed by atoms with van der Waals surface area (Å²) >= 11 is 0. The topological polar surface area (TPSA) is 104 Å². The predicted molar refractivity (Wildman–Crippen MR) is 166 cm³/mol. The maximum Gasteiger partial charge on any atom is 0.294 e. The van der Waals surface area contributed by atoms with Crippen LogP contribution in [0, 0.1) is 6.92 Å². The minimum atomic E-state index is -4.28. The minimum absolute atomic E-state index is 0.0951. The van der Waals surface area contributed by atoms with Crippen molar-refractivity contribution >= 4 is 33.1 Å². The molecule has 0 saturated heterocycles. The largest absolute Gasteiger partial charge is 0.370 e. The Kier molecular flexibility index (Phi) is 8.48. The first-order valence-corrected chi connectivity index (χ1v) is 15.6. The smallest absolute Gasteiger partial charge is 0.294 e. The maximum absolute atomic E-state index is 11.7. The number of aryl methyl sites for hydroxylation is 1. The van der Waals surface area contributed by atoms with Gasteiger partial charge in [-0.3, -0.25) is 9.35 Å². The fraction of sp³-hybridized carbons (Fsp3) is 0.394. The lowest BCUT2D eigenvalue weighted by molar-refractivity contribution is -0.401. The summed E-state index contributed by atoms with van der Waals surface area (Å²) in [6.45, 7) is 11.6. The highest BCUT2D eigenvalue weighted by Gasteiger charge is 2.43. The number of nitrogens with two attached hydrogens (primary N) is 1. The van der Waals surface area contributed by atoms with Crippen LogP contribution in [-0.4, -0.2) is 42.8 Å². The van der Waals surface area contributed by atoms with Crippen molar-refractivity contribution in [2.75, 3.05) is 18.5 Å². The van der Waals surface area contributed by atoms with Gasteiger partial charge in [0, 0.05) is 47.5 Å². The lowest BCUT2D eigenvalue weighted by Gasteiger charge is -2.27. The van der Waals surface area contributed by atoms with E-state index in [0.717, 1.165) is 42.8 Å². The molecule has 1 amide bonds. The first-order chi connectivity index (χ1) is 19.2. The Balaban J connectivity index is 1.56. The maximum atomic E-state index is 11.7. The Morgan fingerprint density at radius 3 is 2.39 bits per heavy atom. The highest BCUT2D eigenvalue weighted by Crippen LogP contribution is 2.48. The Labute approximate surface area is 244 Å². The fourth-order valence-corrected chi connectivity index (χ4v) is 6.62. The van der Waals surface area contributed by atoms with E-state index in [1.165, 1.54) is 28.6 Å². The Morgan fingerprint density at radius 2 is 1.71 bits per heavy atom. The molecule has 4 rings (SSSR count). The van der Waals surface area contributed by atoms with Gasteiger partial charge in [0.2, 0.25) is 11.6 Å². The number of carbonyl (C=O) groups is 1. The normalized spacial score (nSPS) is 18.6. The number of fused-ring (bicyclic) bond motifs is 2. The number of rotatable bonds is 10. The number of hydrogen-bond donors (Lipinski definition) is 2. The molecule has 0 unspecified atom stereocenters. The molecule has 3 N–H and O–H groups in total. The summed E-state index contributed by atoms with van der Waals surface area (Å²) < 4.78 is 35.0. The average Bonchev–Trinajstić information content (AvgIpc) is 3.21. The van der Waals surface area contributed by atoms with Gasteiger partial charge in [0.25, 0.3) is 10.1 Å². The summed E-state index contributed by atoms with van der Waals surface area (Å²) in [5.74, 6) is -0.246. The molecule has 2 aromatic rings. The van der Waals surface area contributed by atoms with Crippen molar-refractivity contribution in [3.63, 3.8) is 0 Å². The van der Waals surface area contributed by atoms with Gasteiger partial charge in [-0.05, 0) is 63.5 Å². The van der Waals surface area contributed by atoms with E-state index in [2.05, 4.69) is 80.5 Å². The molecule has 0 radical (unpaired) electrons. The van der Waals surface area contributed by atoms with Crippen LogP contribution in [0.3, 0.4) is 0 Å². The Morgan fingerprint density at radius 1 is 0.976 bits per heavy atom. The zero-order chi connectivity index (χ0) is 30.2. The second kappa shape index (κ2) is 11.4.